The van der Waals surface area contributed by atoms with Gasteiger partial charge in [-0.25, -0.2) is 4.39 Å². The Kier molecular flexibility index (Phi) is 4.89. The maximum Gasteiger partial charge on any atom is 0.255 e. The third kappa shape index (κ3) is 3.44. The molecule has 0 saturated carbocycles. The van der Waals surface area contributed by atoms with Gasteiger partial charge < -0.3 is 15.5 Å². The molecule has 0 aromatic heterocycles. The second-order valence-electron chi connectivity index (χ2n) is 7.04. The molecule has 2 aliphatic rings. The predicted octanol–water partition coefficient (Wildman–Crippen LogP) is 3.71. The summed E-state index contributed by atoms with van der Waals surface area (Å²) >= 11 is 0. The third-order valence-electron chi connectivity index (χ3n) is 5.31. The molecule has 4 rings (SSSR count). The Labute approximate surface area is 153 Å². The average Bonchev–Trinajstić information content (AvgIpc) is 2.71. The molecule has 0 atom stereocenters. The molecule has 2 aliphatic heterocycles. The molecular formula is C21H24FN3O. The molecule has 2 N–H and O–H groups in total. The summed E-state index contributed by atoms with van der Waals surface area (Å²) in [5, 5.41) is 5.96. The van der Waals surface area contributed by atoms with Crippen molar-refractivity contribution in [3.8, 4) is 0 Å². The number of anilines is 2. The molecule has 1 fully saturated rings. The molecule has 0 bridgehead atoms. The van der Waals surface area contributed by atoms with Gasteiger partial charge in [0.2, 0.25) is 0 Å². The quantitative estimate of drug-likeness (QED) is 0.884. The molecule has 1 saturated heterocycles. The molecule has 2 heterocycles. The molecule has 2 aromatic carbocycles. The van der Waals surface area contributed by atoms with Gasteiger partial charge in [-0.05, 0) is 73.7 Å². The minimum atomic E-state index is -0.303. The third-order valence-corrected chi connectivity index (χ3v) is 5.31. The molecule has 0 radical (unpaired) electrons. The SMILES string of the molecule is O=C(Nc1ccc2c(c1F)CCNC2)c1ccc(N2CCCCC2)cc1. The van der Waals surface area contributed by atoms with Gasteiger partial charge in [0, 0.05) is 30.9 Å². The van der Waals surface area contributed by atoms with Crippen molar-refractivity contribution in [1.82, 2.24) is 5.32 Å². The summed E-state index contributed by atoms with van der Waals surface area (Å²) in [6, 6.07) is 11.1. The van der Waals surface area contributed by atoms with Crippen LogP contribution in [0.1, 0.15) is 40.7 Å². The van der Waals surface area contributed by atoms with E-state index in [-0.39, 0.29) is 17.4 Å². The van der Waals surface area contributed by atoms with Crippen LogP contribution in [-0.2, 0) is 13.0 Å². The number of carbonyl (C=O) groups is 1. The normalized spacial score (nSPS) is 16.9. The van der Waals surface area contributed by atoms with Crippen molar-refractivity contribution in [3.05, 3.63) is 58.9 Å². The van der Waals surface area contributed by atoms with Gasteiger partial charge in [0.15, 0.2) is 0 Å². The summed E-state index contributed by atoms with van der Waals surface area (Å²) in [5.41, 5.74) is 3.63. The molecule has 0 unspecified atom stereocenters. The number of nitrogens with one attached hydrogen (secondary N) is 2. The van der Waals surface area contributed by atoms with Gasteiger partial charge >= 0.3 is 0 Å². The van der Waals surface area contributed by atoms with E-state index in [2.05, 4.69) is 15.5 Å². The van der Waals surface area contributed by atoms with Crippen molar-refractivity contribution in [1.29, 1.82) is 0 Å². The number of benzene rings is 2. The Morgan fingerprint density at radius 3 is 2.58 bits per heavy atom. The van der Waals surface area contributed by atoms with Crippen LogP contribution in [0.25, 0.3) is 0 Å². The molecule has 0 aliphatic carbocycles. The summed E-state index contributed by atoms with van der Waals surface area (Å²) in [6.07, 6.45) is 4.37. The Morgan fingerprint density at radius 1 is 1.04 bits per heavy atom. The monoisotopic (exact) mass is 353 g/mol. The topological polar surface area (TPSA) is 44.4 Å². The summed E-state index contributed by atoms with van der Waals surface area (Å²) in [5.74, 6) is -0.578. The maximum atomic E-state index is 14.7. The Morgan fingerprint density at radius 2 is 1.81 bits per heavy atom. The van der Waals surface area contributed by atoms with Crippen molar-refractivity contribution in [3.63, 3.8) is 0 Å². The van der Waals surface area contributed by atoms with Crippen LogP contribution >= 0.6 is 0 Å². The molecule has 0 spiro atoms. The predicted molar refractivity (Wildman–Crippen MR) is 102 cm³/mol. The molecule has 136 valence electrons. The van der Waals surface area contributed by atoms with Gasteiger partial charge in [-0.15, -0.1) is 0 Å². The lowest BCUT2D eigenvalue weighted by Gasteiger charge is -2.28. The van der Waals surface area contributed by atoms with Crippen LogP contribution in [0.3, 0.4) is 0 Å². The van der Waals surface area contributed by atoms with Crippen molar-refractivity contribution in [2.24, 2.45) is 0 Å². The second-order valence-corrected chi connectivity index (χ2v) is 7.04. The fourth-order valence-electron chi connectivity index (χ4n) is 3.80. The van der Waals surface area contributed by atoms with E-state index in [1.165, 1.54) is 19.3 Å². The van der Waals surface area contributed by atoms with Crippen LogP contribution in [0.4, 0.5) is 15.8 Å². The molecule has 4 nitrogen and oxygen atoms in total. The fourth-order valence-corrected chi connectivity index (χ4v) is 3.80. The summed E-state index contributed by atoms with van der Waals surface area (Å²) in [4.78, 5) is 14.9. The maximum absolute atomic E-state index is 14.7. The van der Waals surface area contributed by atoms with Crippen LogP contribution in [-0.4, -0.2) is 25.5 Å². The van der Waals surface area contributed by atoms with E-state index in [0.29, 0.717) is 24.1 Å². The van der Waals surface area contributed by atoms with Gasteiger partial charge in [0.1, 0.15) is 5.82 Å². The number of hydrogen-bond acceptors (Lipinski definition) is 3. The smallest absolute Gasteiger partial charge is 0.255 e. The van der Waals surface area contributed by atoms with Gasteiger partial charge in [0.25, 0.3) is 5.91 Å². The standard InChI is InChI=1S/C21H24FN3O/c22-20-18-10-11-23-14-16(18)6-9-19(20)24-21(26)15-4-7-17(8-5-15)25-12-2-1-3-13-25/h4-9,23H,1-3,10-14H2,(H,24,26). The number of rotatable bonds is 3. The second kappa shape index (κ2) is 7.46. The lowest BCUT2D eigenvalue weighted by atomic mass is 9.99. The molecule has 2 aromatic rings. The summed E-state index contributed by atoms with van der Waals surface area (Å²) < 4.78 is 14.7. The zero-order chi connectivity index (χ0) is 17.9. The first-order valence-corrected chi connectivity index (χ1v) is 9.40. The number of halogens is 1. The Balaban J connectivity index is 1.48. The van der Waals surface area contributed by atoms with Crippen LogP contribution in [0.5, 0.6) is 0 Å². The van der Waals surface area contributed by atoms with Crippen molar-refractivity contribution < 1.29 is 9.18 Å². The molecule has 1 amide bonds. The lowest BCUT2D eigenvalue weighted by Crippen LogP contribution is -2.29. The van der Waals surface area contributed by atoms with Gasteiger partial charge in [-0.1, -0.05) is 6.07 Å². The molecule has 5 heteroatoms. The number of nitrogens with zero attached hydrogens (tertiary/aromatic N) is 1. The van der Waals surface area contributed by atoms with Gasteiger partial charge in [-0.3, -0.25) is 4.79 Å². The van der Waals surface area contributed by atoms with Gasteiger partial charge in [0.05, 0.1) is 5.69 Å². The van der Waals surface area contributed by atoms with E-state index < -0.39 is 0 Å². The first-order chi connectivity index (χ1) is 12.7. The average molecular weight is 353 g/mol. The van der Waals surface area contributed by atoms with Crippen LogP contribution in [0.2, 0.25) is 0 Å². The zero-order valence-electron chi connectivity index (χ0n) is 14.9. The lowest BCUT2D eigenvalue weighted by molar-refractivity contribution is 0.102. The van der Waals surface area contributed by atoms with Crippen molar-refractivity contribution >= 4 is 17.3 Å². The number of piperidine rings is 1. The number of fused-ring (bicyclic) bond motifs is 1. The minimum Gasteiger partial charge on any atom is -0.372 e. The van der Waals surface area contributed by atoms with Gasteiger partial charge in [-0.2, -0.15) is 0 Å². The number of amides is 1. The zero-order valence-corrected chi connectivity index (χ0v) is 14.9. The Bertz CT molecular complexity index is 798. The van der Waals surface area contributed by atoms with Crippen LogP contribution in [0, 0.1) is 5.82 Å². The van der Waals surface area contributed by atoms with Crippen LogP contribution in [0.15, 0.2) is 36.4 Å². The highest BCUT2D eigenvalue weighted by atomic mass is 19.1. The fraction of sp³-hybridized carbons (Fsp3) is 0.381. The van der Waals surface area contributed by atoms with E-state index >= 15 is 0 Å². The first kappa shape index (κ1) is 17.0. The van der Waals surface area contributed by atoms with E-state index in [4.69, 9.17) is 0 Å². The molecule has 26 heavy (non-hydrogen) atoms. The van der Waals surface area contributed by atoms with E-state index in [1.54, 1.807) is 6.07 Å². The summed E-state index contributed by atoms with van der Waals surface area (Å²) in [6.45, 7) is 3.58. The van der Waals surface area contributed by atoms with Crippen LogP contribution < -0.4 is 15.5 Å². The van der Waals surface area contributed by atoms with E-state index in [9.17, 15) is 9.18 Å². The highest BCUT2D eigenvalue weighted by molar-refractivity contribution is 6.04. The number of hydrogen-bond donors (Lipinski definition) is 2. The number of carbonyl (C=O) groups excluding carboxylic acids is 1. The van der Waals surface area contributed by atoms with Crippen molar-refractivity contribution in [2.45, 2.75) is 32.2 Å². The van der Waals surface area contributed by atoms with E-state index in [0.717, 1.165) is 30.9 Å². The first-order valence-electron chi connectivity index (χ1n) is 9.40. The minimum absolute atomic E-state index is 0.260. The highest BCUT2D eigenvalue weighted by Crippen LogP contribution is 2.25. The Hall–Kier alpha value is -2.40. The summed E-state index contributed by atoms with van der Waals surface area (Å²) in [7, 11) is 0. The molecular weight excluding hydrogens is 329 g/mol. The van der Waals surface area contributed by atoms with E-state index in [1.807, 2.05) is 30.3 Å². The largest absolute Gasteiger partial charge is 0.372 e. The highest BCUT2D eigenvalue weighted by Gasteiger charge is 2.18. The van der Waals surface area contributed by atoms with Crippen molar-refractivity contribution in [2.75, 3.05) is 29.9 Å².